The van der Waals surface area contributed by atoms with Crippen LogP contribution in [0.25, 0.3) is 0 Å². The van der Waals surface area contributed by atoms with Crippen LogP contribution in [-0.4, -0.2) is 24.7 Å². The Bertz CT molecular complexity index is 374. The second kappa shape index (κ2) is 7.01. The zero-order valence-electron chi connectivity index (χ0n) is 11.3. The number of nitrogens with one attached hydrogen (secondary N) is 1. The summed E-state index contributed by atoms with van der Waals surface area (Å²) in [5.74, 6) is -0.306. The lowest BCUT2D eigenvalue weighted by Crippen LogP contribution is -2.38. The fourth-order valence-corrected chi connectivity index (χ4v) is 1.63. The number of esters is 1. The van der Waals surface area contributed by atoms with Crippen molar-refractivity contribution in [3.8, 4) is 0 Å². The number of hydrogen-bond donors (Lipinski definition) is 2. The van der Waals surface area contributed by atoms with Crippen molar-refractivity contribution in [1.82, 2.24) is 5.32 Å². The van der Waals surface area contributed by atoms with Crippen LogP contribution in [0.4, 0.5) is 5.69 Å². The van der Waals surface area contributed by atoms with Gasteiger partial charge >= 0.3 is 5.97 Å². The molecule has 4 heteroatoms. The molecule has 0 radical (unpaired) electrons. The van der Waals surface area contributed by atoms with E-state index < -0.39 is 0 Å². The van der Waals surface area contributed by atoms with Gasteiger partial charge in [0.25, 0.3) is 0 Å². The minimum absolute atomic E-state index is 0.197. The van der Waals surface area contributed by atoms with Gasteiger partial charge in [-0.05, 0) is 30.7 Å². The molecule has 3 N–H and O–H groups in total. The highest BCUT2D eigenvalue weighted by atomic mass is 16.5. The molecule has 100 valence electrons. The van der Waals surface area contributed by atoms with E-state index in [-0.39, 0.29) is 12.0 Å². The standard InChI is InChI=1S/C14H22N2O2/c1-4-13(16-10(2)3)9-18-14(17)11-5-7-12(15)8-6-11/h5-8,10,13,16H,4,9,15H2,1-3H3/t13-/m0/s1. The predicted octanol–water partition coefficient (Wildman–Crippen LogP) is 2.20. The molecule has 1 atom stereocenters. The molecule has 0 aliphatic heterocycles. The highest BCUT2D eigenvalue weighted by Gasteiger charge is 2.12. The summed E-state index contributed by atoms with van der Waals surface area (Å²) in [6, 6.07) is 7.32. The van der Waals surface area contributed by atoms with Gasteiger partial charge in [-0.15, -0.1) is 0 Å². The van der Waals surface area contributed by atoms with Crippen LogP contribution >= 0.6 is 0 Å². The summed E-state index contributed by atoms with van der Waals surface area (Å²) in [6.45, 7) is 6.60. The number of nitrogen functional groups attached to an aromatic ring is 1. The molecule has 18 heavy (non-hydrogen) atoms. The first-order valence-corrected chi connectivity index (χ1v) is 6.31. The molecular formula is C14H22N2O2. The maximum absolute atomic E-state index is 11.8. The van der Waals surface area contributed by atoms with Crippen LogP contribution in [0.2, 0.25) is 0 Å². The number of anilines is 1. The molecule has 0 saturated heterocycles. The van der Waals surface area contributed by atoms with Gasteiger partial charge in [0.2, 0.25) is 0 Å². The van der Waals surface area contributed by atoms with Crippen molar-refractivity contribution in [1.29, 1.82) is 0 Å². The Morgan fingerprint density at radius 1 is 1.33 bits per heavy atom. The molecular weight excluding hydrogens is 228 g/mol. The zero-order chi connectivity index (χ0) is 13.5. The van der Waals surface area contributed by atoms with Gasteiger partial charge in [-0.25, -0.2) is 4.79 Å². The summed E-state index contributed by atoms with van der Waals surface area (Å²) in [5, 5.41) is 3.35. The molecule has 0 aliphatic rings. The number of hydrogen-bond acceptors (Lipinski definition) is 4. The van der Waals surface area contributed by atoms with Crippen LogP contribution in [0, 0.1) is 0 Å². The van der Waals surface area contributed by atoms with Crippen molar-refractivity contribution in [2.45, 2.75) is 39.3 Å². The number of ether oxygens (including phenoxy) is 1. The van der Waals surface area contributed by atoms with E-state index >= 15 is 0 Å². The van der Waals surface area contributed by atoms with Gasteiger partial charge in [-0.1, -0.05) is 20.8 Å². The molecule has 0 bridgehead atoms. The summed E-state index contributed by atoms with van der Waals surface area (Å²) < 4.78 is 5.28. The summed E-state index contributed by atoms with van der Waals surface area (Å²) in [4.78, 5) is 11.8. The molecule has 1 aromatic carbocycles. The number of carbonyl (C=O) groups excluding carboxylic acids is 1. The molecule has 0 saturated carbocycles. The maximum Gasteiger partial charge on any atom is 0.338 e. The highest BCUT2D eigenvalue weighted by Crippen LogP contribution is 2.07. The SMILES string of the molecule is CC[C@@H](COC(=O)c1ccc(N)cc1)NC(C)C. The van der Waals surface area contributed by atoms with Crippen LogP contribution in [0.3, 0.4) is 0 Å². The van der Waals surface area contributed by atoms with Gasteiger partial charge in [-0.3, -0.25) is 0 Å². The average molecular weight is 250 g/mol. The van der Waals surface area contributed by atoms with Gasteiger partial charge in [0.05, 0.1) is 5.56 Å². The van der Waals surface area contributed by atoms with Crippen LogP contribution in [0.5, 0.6) is 0 Å². The van der Waals surface area contributed by atoms with Crippen molar-refractivity contribution < 1.29 is 9.53 Å². The molecule has 0 amide bonds. The molecule has 1 aromatic rings. The van der Waals surface area contributed by atoms with Gasteiger partial charge in [0.15, 0.2) is 0 Å². The largest absolute Gasteiger partial charge is 0.460 e. The van der Waals surface area contributed by atoms with E-state index in [1.807, 2.05) is 0 Å². The Balaban J connectivity index is 2.47. The summed E-state index contributed by atoms with van der Waals surface area (Å²) in [6.07, 6.45) is 0.924. The minimum Gasteiger partial charge on any atom is -0.460 e. The Kier molecular flexibility index (Phi) is 5.65. The van der Waals surface area contributed by atoms with E-state index in [9.17, 15) is 4.79 Å². The molecule has 4 nitrogen and oxygen atoms in total. The first-order chi connectivity index (χ1) is 8.52. The van der Waals surface area contributed by atoms with Gasteiger partial charge in [0, 0.05) is 17.8 Å². The number of carbonyl (C=O) groups is 1. The lowest BCUT2D eigenvalue weighted by atomic mass is 10.2. The molecule has 0 unspecified atom stereocenters. The van der Waals surface area contributed by atoms with Crippen molar-refractivity contribution in [3.63, 3.8) is 0 Å². The van der Waals surface area contributed by atoms with Crippen LogP contribution < -0.4 is 11.1 Å². The third-order valence-electron chi connectivity index (χ3n) is 2.62. The average Bonchev–Trinajstić information content (AvgIpc) is 2.34. The van der Waals surface area contributed by atoms with Crippen molar-refractivity contribution >= 4 is 11.7 Å². The highest BCUT2D eigenvalue weighted by molar-refractivity contribution is 5.89. The Morgan fingerprint density at radius 2 is 1.94 bits per heavy atom. The van der Waals surface area contributed by atoms with Crippen molar-refractivity contribution in [3.05, 3.63) is 29.8 Å². The number of rotatable bonds is 6. The minimum atomic E-state index is -0.306. The number of benzene rings is 1. The van der Waals surface area contributed by atoms with E-state index in [1.165, 1.54) is 0 Å². The third-order valence-corrected chi connectivity index (χ3v) is 2.62. The normalized spacial score (nSPS) is 12.4. The second-order valence-corrected chi connectivity index (χ2v) is 4.65. The monoisotopic (exact) mass is 250 g/mol. The Morgan fingerprint density at radius 3 is 2.44 bits per heavy atom. The van der Waals surface area contributed by atoms with E-state index in [1.54, 1.807) is 24.3 Å². The lowest BCUT2D eigenvalue weighted by Gasteiger charge is -2.19. The number of nitrogens with two attached hydrogens (primary N) is 1. The first-order valence-electron chi connectivity index (χ1n) is 6.31. The molecule has 0 heterocycles. The van der Waals surface area contributed by atoms with E-state index in [4.69, 9.17) is 10.5 Å². The smallest absolute Gasteiger partial charge is 0.338 e. The summed E-state index contributed by atoms with van der Waals surface area (Å²) in [7, 11) is 0. The molecule has 0 fully saturated rings. The van der Waals surface area contributed by atoms with Gasteiger partial charge in [0.1, 0.15) is 6.61 Å². The van der Waals surface area contributed by atoms with Crippen LogP contribution in [0.1, 0.15) is 37.6 Å². The fourth-order valence-electron chi connectivity index (χ4n) is 1.63. The van der Waals surface area contributed by atoms with Crippen LogP contribution in [0.15, 0.2) is 24.3 Å². The fraction of sp³-hybridized carbons (Fsp3) is 0.500. The molecule has 1 rings (SSSR count). The van der Waals surface area contributed by atoms with Gasteiger partial charge in [-0.2, -0.15) is 0 Å². The van der Waals surface area contributed by atoms with Crippen LogP contribution in [-0.2, 0) is 4.74 Å². The topological polar surface area (TPSA) is 64.3 Å². The van der Waals surface area contributed by atoms with Crippen molar-refractivity contribution in [2.75, 3.05) is 12.3 Å². The predicted molar refractivity (Wildman–Crippen MR) is 73.5 cm³/mol. The van der Waals surface area contributed by atoms with Gasteiger partial charge < -0.3 is 15.8 Å². The summed E-state index contributed by atoms with van der Waals surface area (Å²) in [5.41, 5.74) is 6.73. The molecule has 0 spiro atoms. The molecule has 0 aliphatic carbocycles. The lowest BCUT2D eigenvalue weighted by molar-refractivity contribution is 0.0458. The van der Waals surface area contributed by atoms with E-state index in [2.05, 4.69) is 26.1 Å². The first kappa shape index (κ1) is 14.5. The summed E-state index contributed by atoms with van der Waals surface area (Å²) >= 11 is 0. The van der Waals surface area contributed by atoms with Crippen molar-refractivity contribution in [2.24, 2.45) is 0 Å². The third kappa shape index (κ3) is 4.75. The zero-order valence-corrected chi connectivity index (χ0v) is 11.3. The quantitative estimate of drug-likeness (QED) is 0.600. The Hall–Kier alpha value is -1.55. The maximum atomic E-state index is 11.8. The Labute approximate surface area is 109 Å². The van der Waals surface area contributed by atoms with E-state index in [0.29, 0.717) is 23.9 Å². The second-order valence-electron chi connectivity index (χ2n) is 4.65. The van der Waals surface area contributed by atoms with E-state index in [0.717, 1.165) is 6.42 Å². The molecule has 0 aromatic heterocycles.